The van der Waals surface area contributed by atoms with Crippen molar-refractivity contribution < 1.29 is 33.4 Å². The monoisotopic (exact) mass is 196 g/mol. The van der Waals surface area contributed by atoms with E-state index in [-0.39, 0.29) is 0 Å². The summed E-state index contributed by atoms with van der Waals surface area (Å²) in [6.45, 7) is -1.19. The summed E-state index contributed by atoms with van der Waals surface area (Å²) in [4.78, 5) is 0. The molecule has 5 atom stereocenters. The summed E-state index contributed by atoms with van der Waals surface area (Å²) in [5, 5.41) is 55.5. The molecule has 0 saturated heterocycles. The van der Waals surface area contributed by atoms with E-state index < -0.39 is 43.0 Å². The van der Waals surface area contributed by atoms with E-state index in [4.69, 9.17) is 7.85 Å². The van der Waals surface area contributed by atoms with Gasteiger partial charge in [-0.15, -0.1) is 0 Å². The Labute approximate surface area is 77.5 Å². The van der Waals surface area contributed by atoms with Crippen molar-refractivity contribution in [2.75, 3.05) is 6.61 Å². The van der Waals surface area contributed by atoms with E-state index in [1.165, 1.54) is 0 Å². The second kappa shape index (κ2) is 3.49. The van der Waals surface area contributed by atoms with E-state index in [1.54, 1.807) is 0 Å². The van der Waals surface area contributed by atoms with Crippen molar-refractivity contribution in [3.8, 4) is 0 Å². The van der Waals surface area contributed by atoms with Crippen LogP contribution in [-0.4, -0.2) is 67.3 Å². The molecule has 0 heterocycles. The van der Waals surface area contributed by atoms with Crippen molar-refractivity contribution in [3.63, 3.8) is 0 Å². The predicted octanol–water partition coefficient (Wildman–Crippen LogP) is -3.44. The van der Waals surface area contributed by atoms with Crippen LogP contribution in [0.25, 0.3) is 0 Å². The van der Waals surface area contributed by atoms with Gasteiger partial charge in [-0.25, -0.2) is 0 Å². The van der Waals surface area contributed by atoms with Gasteiger partial charge < -0.3 is 30.6 Å². The minimum absolute atomic E-state index is 1.19. The van der Waals surface area contributed by atoms with Crippen LogP contribution in [0.5, 0.6) is 0 Å². The van der Waals surface area contributed by atoms with E-state index >= 15 is 0 Å². The van der Waals surface area contributed by atoms with Crippen molar-refractivity contribution in [2.45, 2.75) is 36.4 Å². The van der Waals surface area contributed by atoms with Gasteiger partial charge in [-0.2, -0.15) is 0 Å². The van der Waals surface area contributed by atoms with Gasteiger partial charge in [0.05, 0.1) is 12.7 Å². The molecule has 0 aromatic carbocycles. The topological polar surface area (TPSA) is 121 Å². The van der Waals surface area contributed by atoms with Crippen LogP contribution in [0.15, 0.2) is 0 Å². The maximum atomic E-state index is 9.63. The van der Waals surface area contributed by atoms with Gasteiger partial charge in [-0.1, -0.05) is 0 Å². The first kappa shape index (κ1) is 8.10. The van der Waals surface area contributed by atoms with Gasteiger partial charge in [-0.3, -0.25) is 0 Å². The van der Waals surface area contributed by atoms with E-state index in [0.29, 0.717) is 0 Å². The Balaban J connectivity index is 3.16. The predicted molar refractivity (Wildman–Crippen MR) is 40.7 cm³/mol. The summed E-state index contributed by atoms with van der Waals surface area (Å²) in [6, 6.07) is 0. The first-order valence-electron chi connectivity index (χ1n) is 4.75. The van der Waals surface area contributed by atoms with E-state index in [0.717, 1.165) is 0 Å². The zero-order valence-electron chi connectivity index (χ0n) is 8.70. The number of aliphatic hydroxyl groups is 6. The maximum absolute atomic E-state index is 9.63. The van der Waals surface area contributed by atoms with Crippen LogP contribution in [0.4, 0.5) is 0 Å². The van der Waals surface area contributed by atoms with Gasteiger partial charge in [0.2, 0.25) is 0 Å². The highest BCUT2D eigenvalue weighted by Crippen LogP contribution is 2.29. The smallest absolute Gasteiger partial charge is 0.119 e. The zero-order chi connectivity index (χ0) is 12.0. The summed E-state index contributed by atoms with van der Waals surface area (Å²) in [6.07, 6.45) is -10.9. The lowest BCUT2D eigenvalue weighted by molar-refractivity contribution is -0.228. The van der Waals surface area contributed by atoms with Gasteiger partial charge in [0.1, 0.15) is 23.9 Å². The lowest BCUT2D eigenvalue weighted by Crippen LogP contribution is -2.64. The van der Waals surface area contributed by atoms with Crippen LogP contribution in [0.3, 0.4) is 0 Å². The van der Waals surface area contributed by atoms with Crippen LogP contribution in [0, 0.1) is 0 Å². The Bertz CT molecular complexity index is 250. The molecule has 6 nitrogen and oxygen atoms in total. The van der Waals surface area contributed by atoms with Gasteiger partial charge in [0, 0.05) is 9.11 Å². The summed E-state index contributed by atoms with van der Waals surface area (Å²) in [7, 11) is 0. The molecule has 1 aliphatic carbocycles. The fourth-order valence-electron chi connectivity index (χ4n) is 1.22. The van der Waals surface area contributed by atoms with Crippen molar-refractivity contribution in [1.29, 1.82) is 0 Å². The van der Waals surface area contributed by atoms with Crippen molar-refractivity contribution in [3.05, 3.63) is 0 Å². The molecular weight excluding hydrogens is 180 g/mol. The number of aliphatic hydroxyl groups excluding tert-OH is 5. The molecule has 0 bridgehead atoms. The van der Waals surface area contributed by atoms with Crippen molar-refractivity contribution >= 4 is 0 Å². The third-order valence-electron chi connectivity index (χ3n) is 2.13. The molecule has 0 unspecified atom stereocenters. The lowest BCUT2D eigenvalue weighted by atomic mass is 9.78. The minimum atomic E-state index is -2.83. The SMILES string of the molecule is [2H]C1([2H])[C@@H](O)[C@H](O)[C@@H](O)[C@H](O)[C@]1(O)CO. The van der Waals surface area contributed by atoms with Gasteiger partial charge >= 0.3 is 0 Å². The molecule has 0 spiro atoms. The highest BCUT2D eigenvalue weighted by molar-refractivity contribution is 5.01. The Kier molecular flexibility index (Phi) is 2.17. The molecule has 1 rings (SSSR count). The standard InChI is InChI=1S/C7H14O6/c8-2-7(13)1-3(9)4(10)5(11)6(7)12/h3-6,8-13H,1-2H2/t3-,4+,5-,6+,7-/m1/s1/i1D2. The average molecular weight is 196 g/mol. The van der Waals surface area contributed by atoms with Crippen LogP contribution in [0.1, 0.15) is 9.11 Å². The number of hydrogen-bond acceptors (Lipinski definition) is 6. The highest BCUT2D eigenvalue weighted by Gasteiger charge is 2.50. The molecule has 6 N–H and O–H groups in total. The summed E-state index contributed by atoms with van der Waals surface area (Å²) in [5.74, 6) is 0. The van der Waals surface area contributed by atoms with E-state index in [2.05, 4.69) is 0 Å². The first-order valence-corrected chi connectivity index (χ1v) is 3.75. The lowest BCUT2D eigenvalue weighted by Gasteiger charge is -2.43. The Morgan fingerprint density at radius 3 is 2.23 bits per heavy atom. The molecule has 6 heteroatoms. The quantitative estimate of drug-likeness (QED) is 0.259. The fourth-order valence-corrected chi connectivity index (χ4v) is 1.22. The van der Waals surface area contributed by atoms with Gasteiger partial charge in [0.15, 0.2) is 0 Å². The van der Waals surface area contributed by atoms with Crippen molar-refractivity contribution in [1.82, 2.24) is 0 Å². The Morgan fingerprint density at radius 1 is 1.23 bits per heavy atom. The molecule has 0 aromatic rings. The third-order valence-corrected chi connectivity index (χ3v) is 2.13. The second-order valence-electron chi connectivity index (χ2n) is 3.10. The minimum Gasteiger partial charge on any atom is -0.393 e. The average Bonchev–Trinajstić information content (AvgIpc) is 2.21. The number of hydrogen-bond donors (Lipinski definition) is 6. The molecule has 0 amide bonds. The number of rotatable bonds is 1. The van der Waals surface area contributed by atoms with Crippen LogP contribution < -0.4 is 0 Å². The molecule has 78 valence electrons. The Hall–Kier alpha value is -0.240. The molecule has 1 saturated carbocycles. The summed E-state index contributed by atoms with van der Waals surface area (Å²) in [5.41, 5.74) is -2.72. The largest absolute Gasteiger partial charge is 0.393 e. The molecule has 0 radical (unpaired) electrons. The van der Waals surface area contributed by atoms with Crippen molar-refractivity contribution in [2.24, 2.45) is 0 Å². The van der Waals surface area contributed by atoms with E-state index in [9.17, 15) is 25.5 Å². The summed E-state index contributed by atoms with van der Waals surface area (Å²) < 4.78 is 14.6. The fraction of sp³-hybridized carbons (Fsp3) is 1.00. The first-order chi connectivity index (χ1) is 6.70. The molecule has 1 aliphatic rings. The second-order valence-corrected chi connectivity index (χ2v) is 3.10. The zero-order valence-corrected chi connectivity index (χ0v) is 6.70. The summed E-state index contributed by atoms with van der Waals surface area (Å²) >= 11 is 0. The molecule has 0 aromatic heterocycles. The maximum Gasteiger partial charge on any atom is 0.119 e. The normalized spacial score (nSPS) is 58.3. The van der Waals surface area contributed by atoms with E-state index in [1.807, 2.05) is 0 Å². The van der Waals surface area contributed by atoms with Gasteiger partial charge in [-0.05, 0) is 0 Å². The third kappa shape index (κ3) is 1.69. The Morgan fingerprint density at radius 2 is 1.77 bits per heavy atom. The molecule has 13 heavy (non-hydrogen) atoms. The highest BCUT2D eigenvalue weighted by atomic mass is 16.4. The van der Waals surface area contributed by atoms with Crippen LogP contribution >= 0.6 is 0 Å². The molecule has 1 fully saturated rings. The van der Waals surface area contributed by atoms with Gasteiger partial charge in [0.25, 0.3) is 0 Å². The molecular formula is C7H14O6. The van der Waals surface area contributed by atoms with Crippen LogP contribution in [0.2, 0.25) is 0 Å². The van der Waals surface area contributed by atoms with Crippen LogP contribution in [-0.2, 0) is 0 Å². The molecule has 0 aliphatic heterocycles.